The van der Waals surface area contributed by atoms with Crippen LogP contribution in [0.5, 0.6) is 11.5 Å². The van der Waals surface area contributed by atoms with E-state index in [4.69, 9.17) is 14.5 Å². The fourth-order valence-electron chi connectivity index (χ4n) is 2.28. The summed E-state index contributed by atoms with van der Waals surface area (Å²) in [5.74, 6) is 1.92. The largest absolute Gasteiger partial charge is 0.497 e. The van der Waals surface area contributed by atoms with Gasteiger partial charge in [0.2, 0.25) is 0 Å². The van der Waals surface area contributed by atoms with Gasteiger partial charge in [-0.1, -0.05) is 13.8 Å². The molecule has 0 atom stereocenters. The highest BCUT2D eigenvalue weighted by Gasteiger charge is 2.11. The second-order valence-electron chi connectivity index (χ2n) is 5.32. The summed E-state index contributed by atoms with van der Waals surface area (Å²) in [5, 5.41) is 4.15. The van der Waals surface area contributed by atoms with Gasteiger partial charge < -0.3 is 9.47 Å². The third kappa shape index (κ3) is 2.64. The van der Waals surface area contributed by atoms with Crippen molar-refractivity contribution in [3.63, 3.8) is 0 Å². The number of nitrogens with zero attached hydrogens (tertiary/aromatic N) is 2. The minimum absolute atomic E-state index is 0.430. The molecule has 0 saturated carbocycles. The predicted octanol–water partition coefficient (Wildman–Crippen LogP) is 4.50. The Bertz CT molecular complexity index is 812. The van der Waals surface area contributed by atoms with Crippen molar-refractivity contribution in [3.05, 3.63) is 34.7 Å². The van der Waals surface area contributed by atoms with Crippen LogP contribution in [0.4, 0.5) is 0 Å². The zero-order valence-corrected chi connectivity index (χ0v) is 13.9. The lowest BCUT2D eigenvalue weighted by Crippen LogP contribution is -1.92. The Morgan fingerprint density at radius 2 is 1.82 bits per heavy atom. The van der Waals surface area contributed by atoms with E-state index in [1.54, 1.807) is 25.6 Å². The molecule has 0 aliphatic rings. The quantitative estimate of drug-likeness (QED) is 0.711. The predicted molar refractivity (Wildman–Crippen MR) is 90.0 cm³/mol. The number of thiazole rings is 1. The van der Waals surface area contributed by atoms with Crippen molar-refractivity contribution in [1.29, 1.82) is 0 Å². The van der Waals surface area contributed by atoms with Gasteiger partial charge >= 0.3 is 0 Å². The molecule has 5 heteroatoms. The van der Waals surface area contributed by atoms with E-state index in [9.17, 15) is 0 Å². The SMILES string of the molecule is COc1cc(OC)c2ccc(-c3csc(C(C)C)n3)nc2c1. The van der Waals surface area contributed by atoms with Crippen molar-refractivity contribution in [2.45, 2.75) is 19.8 Å². The molecular weight excluding hydrogens is 296 g/mol. The number of hydrogen-bond acceptors (Lipinski definition) is 5. The van der Waals surface area contributed by atoms with E-state index in [2.05, 4.69) is 24.2 Å². The van der Waals surface area contributed by atoms with Crippen molar-refractivity contribution < 1.29 is 9.47 Å². The van der Waals surface area contributed by atoms with E-state index in [1.807, 2.05) is 24.3 Å². The molecule has 0 amide bonds. The van der Waals surface area contributed by atoms with Gasteiger partial charge in [-0.25, -0.2) is 9.97 Å². The average molecular weight is 314 g/mol. The van der Waals surface area contributed by atoms with Crippen LogP contribution < -0.4 is 9.47 Å². The molecule has 4 nitrogen and oxygen atoms in total. The summed E-state index contributed by atoms with van der Waals surface area (Å²) < 4.78 is 10.7. The molecule has 0 bridgehead atoms. The van der Waals surface area contributed by atoms with Crippen LogP contribution in [0.15, 0.2) is 29.6 Å². The van der Waals surface area contributed by atoms with Gasteiger partial charge in [0, 0.05) is 28.8 Å². The van der Waals surface area contributed by atoms with Crippen molar-refractivity contribution in [2.75, 3.05) is 14.2 Å². The first-order valence-corrected chi connectivity index (χ1v) is 7.99. The molecule has 0 saturated heterocycles. The maximum atomic E-state index is 5.42. The number of aromatic nitrogens is 2. The van der Waals surface area contributed by atoms with Crippen molar-refractivity contribution in [3.8, 4) is 22.9 Å². The van der Waals surface area contributed by atoms with E-state index in [-0.39, 0.29) is 0 Å². The molecule has 3 aromatic rings. The minimum Gasteiger partial charge on any atom is -0.497 e. The number of hydrogen-bond donors (Lipinski definition) is 0. The van der Waals surface area contributed by atoms with E-state index in [0.29, 0.717) is 5.92 Å². The summed E-state index contributed by atoms with van der Waals surface area (Å²) >= 11 is 1.67. The molecule has 2 heterocycles. The molecule has 0 aliphatic carbocycles. The van der Waals surface area contributed by atoms with Crippen LogP contribution >= 0.6 is 11.3 Å². The van der Waals surface area contributed by atoms with Gasteiger partial charge in [0.15, 0.2) is 0 Å². The maximum Gasteiger partial charge on any atom is 0.131 e. The van der Waals surface area contributed by atoms with Gasteiger partial charge in [-0.05, 0) is 12.1 Å². The van der Waals surface area contributed by atoms with Gasteiger partial charge in [-0.15, -0.1) is 11.3 Å². The van der Waals surface area contributed by atoms with Crippen LogP contribution in [0.3, 0.4) is 0 Å². The minimum atomic E-state index is 0.430. The fourth-order valence-corrected chi connectivity index (χ4v) is 3.11. The molecule has 3 rings (SSSR count). The summed E-state index contributed by atoms with van der Waals surface area (Å²) in [7, 11) is 3.29. The number of ether oxygens (including phenoxy) is 2. The molecule has 0 spiro atoms. The molecular formula is C17H18N2O2S. The Morgan fingerprint density at radius 1 is 1.00 bits per heavy atom. The molecule has 0 aliphatic heterocycles. The standard InChI is InChI=1S/C17H18N2O2S/c1-10(2)17-19-15(9-22-17)13-6-5-12-14(18-13)7-11(20-3)8-16(12)21-4/h5-10H,1-4H3. The third-order valence-electron chi connectivity index (χ3n) is 3.48. The van der Waals surface area contributed by atoms with Crippen LogP contribution in [0.25, 0.3) is 22.3 Å². The molecule has 22 heavy (non-hydrogen) atoms. The first kappa shape index (κ1) is 14.8. The zero-order valence-electron chi connectivity index (χ0n) is 13.1. The first-order chi connectivity index (χ1) is 10.6. The zero-order chi connectivity index (χ0) is 15.7. The molecule has 2 aromatic heterocycles. The molecule has 1 aromatic carbocycles. The van der Waals surface area contributed by atoms with Crippen LogP contribution in [0.2, 0.25) is 0 Å². The summed E-state index contributed by atoms with van der Waals surface area (Å²) in [4.78, 5) is 9.39. The normalized spacial score (nSPS) is 11.1. The van der Waals surface area contributed by atoms with Crippen LogP contribution in [0, 0.1) is 0 Å². The lowest BCUT2D eigenvalue weighted by molar-refractivity contribution is 0.398. The van der Waals surface area contributed by atoms with Gasteiger partial charge in [0.25, 0.3) is 0 Å². The number of rotatable bonds is 4. The smallest absolute Gasteiger partial charge is 0.131 e. The first-order valence-electron chi connectivity index (χ1n) is 7.11. The highest BCUT2D eigenvalue weighted by molar-refractivity contribution is 7.10. The van der Waals surface area contributed by atoms with E-state index in [1.165, 1.54) is 0 Å². The van der Waals surface area contributed by atoms with E-state index in [0.717, 1.165) is 38.8 Å². The summed E-state index contributed by atoms with van der Waals surface area (Å²) in [6, 6.07) is 7.78. The van der Waals surface area contributed by atoms with Gasteiger partial charge in [-0.2, -0.15) is 0 Å². The van der Waals surface area contributed by atoms with E-state index >= 15 is 0 Å². The second kappa shape index (κ2) is 5.93. The van der Waals surface area contributed by atoms with Crippen molar-refractivity contribution >= 4 is 22.2 Å². The lowest BCUT2D eigenvalue weighted by atomic mass is 10.1. The fraction of sp³-hybridized carbons (Fsp3) is 0.294. The maximum absolute atomic E-state index is 5.42. The topological polar surface area (TPSA) is 44.2 Å². The number of benzene rings is 1. The Labute approximate surface area is 133 Å². The number of pyridine rings is 1. The third-order valence-corrected chi connectivity index (χ3v) is 4.62. The highest BCUT2D eigenvalue weighted by atomic mass is 32.1. The van der Waals surface area contributed by atoms with Gasteiger partial charge in [-0.3, -0.25) is 0 Å². The summed E-state index contributed by atoms with van der Waals surface area (Å²) in [5.41, 5.74) is 2.62. The van der Waals surface area contributed by atoms with Gasteiger partial charge in [0.1, 0.15) is 11.5 Å². The Balaban J connectivity index is 2.11. The van der Waals surface area contributed by atoms with Crippen LogP contribution in [-0.2, 0) is 0 Å². The highest BCUT2D eigenvalue weighted by Crippen LogP contribution is 2.32. The molecule has 114 valence electrons. The van der Waals surface area contributed by atoms with Crippen molar-refractivity contribution in [1.82, 2.24) is 9.97 Å². The Morgan fingerprint density at radius 3 is 2.45 bits per heavy atom. The second-order valence-corrected chi connectivity index (χ2v) is 6.21. The molecule has 0 radical (unpaired) electrons. The van der Waals surface area contributed by atoms with Crippen LogP contribution in [0.1, 0.15) is 24.8 Å². The van der Waals surface area contributed by atoms with E-state index < -0.39 is 0 Å². The number of fused-ring (bicyclic) bond motifs is 1. The summed E-state index contributed by atoms with van der Waals surface area (Å²) in [6.07, 6.45) is 0. The van der Waals surface area contributed by atoms with Crippen LogP contribution in [-0.4, -0.2) is 24.2 Å². The Hall–Kier alpha value is -2.14. The Kier molecular flexibility index (Phi) is 3.98. The summed E-state index contributed by atoms with van der Waals surface area (Å²) in [6.45, 7) is 4.29. The van der Waals surface area contributed by atoms with Crippen molar-refractivity contribution in [2.24, 2.45) is 0 Å². The molecule has 0 fully saturated rings. The number of methoxy groups -OCH3 is 2. The van der Waals surface area contributed by atoms with Gasteiger partial charge in [0.05, 0.1) is 36.1 Å². The average Bonchev–Trinajstić information content (AvgIpc) is 3.03. The lowest BCUT2D eigenvalue weighted by Gasteiger charge is -2.09. The molecule has 0 N–H and O–H groups in total. The monoisotopic (exact) mass is 314 g/mol. The molecule has 0 unspecified atom stereocenters.